The SMILES string of the molecule is CC/C=C\C/C=C\C/C=C\C/C=C\C/C=C\C/C=C\C/C=C\C/C=C\CCCCCCCCCCC(=O)NC(COP(=O)([O-])OCC[N+](C)(C)C)C(O)CCCCCCCCCCCCCCCCC. The molecule has 0 fully saturated rings. The minimum Gasteiger partial charge on any atom is -0.756 e. The zero-order valence-corrected chi connectivity index (χ0v) is 46.8. The number of unbranched alkanes of at least 4 members (excludes halogenated alkanes) is 22. The maximum absolute atomic E-state index is 13.0. The number of rotatable bonds is 51. The van der Waals surface area contributed by atoms with Crippen molar-refractivity contribution in [3.05, 3.63) is 97.2 Å². The average Bonchev–Trinajstić information content (AvgIpc) is 3.32. The molecule has 0 saturated carbocycles. The second-order valence-electron chi connectivity index (χ2n) is 20.3. The Bertz CT molecular complexity index is 1460. The number of amides is 1. The highest BCUT2D eigenvalue weighted by Gasteiger charge is 2.24. The molecule has 3 atom stereocenters. The third-order valence-electron chi connectivity index (χ3n) is 12.3. The van der Waals surface area contributed by atoms with Crippen molar-refractivity contribution in [1.82, 2.24) is 5.32 Å². The number of aliphatic hydroxyl groups excluding tert-OH is 1. The monoisotopic (exact) mass is 997 g/mol. The van der Waals surface area contributed by atoms with Crippen LogP contribution in [0.5, 0.6) is 0 Å². The largest absolute Gasteiger partial charge is 0.756 e. The second-order valence-corrected chi connectivity index (χ2v) is 21.7. The molecule has 0 bridgehead atoms. The van der Waals surface area contributed by atoms with E-state index in [4.69, 9.17) is 9.05 Å². The van der Waals surface area contributed by atoms with E-state index < -0.39 is 20.0 Å². The Balaban J connectivity index is 4.17. The Morgan fingerprint density at radius 2 is 0.871 bits per heavy atom. The van der Waals surface area contributed by atoms with E-state index >= 15 is 0 Å². The van der Waals surface area contributed by atoms with E-state index in [1.165, 1.54) is 109 Å². The van der Waals surface area contributed by atoms with E-state index in [2.05, 4.69) is 116 Å². The zero-order valence-electron chi connectivity index (χ0n) is 45.9. The van der Waals surface area contributed by atoms with Gasteiger partial charge in [0.15, 0.2) is 0 Å². The van der Waals surface area contributed by atoms with Crippen LogP contribution in [0.3, 0.4) is 0 Å². The number of likely N-dealkylation sites (N-methyl/N-ethyl adjacent to an activating group) is 1. The van der Waals surface area contributed by atoms with E-state index in [1.807, 2.05) is 21.1 Å². The van der Waals surface area contributed by atoms with Gasteiger partial charge in [0, 0.05) is 6.42 Å². The lowest BCUT2D eigenvalue weighted by molar-refractivity contribution is -0.870. The summed E-state index contributed by atoms with van der Waals surface area (Å²) in [6.45, 7) is 4.60. The number of hydrogen-bond acceptors (Lipinski definition) is 6. The van der Waals surface area contributed by atoms with Crippen molar-refractivity contribution in [2.45, 2.75) is 244 Å². The van der Waals surface area contributed by atoms with Gasteiger partial charge in [-0.15, -0.1) is 0 Å². The smallest absolute Gasteiger partial charge is 0.268 e. The first-order valence-corrected chi connectivity index (χ1v) is 30.0. The van der Waals surface area contributed by atoms with Crippen LogP contribution in [0.4, 0.5) is 0 Å². The van der Waals surface area contributed by atoms with Crippen LogP contribution in [0, 0.1) is 0 Å². The number of aliphatic hydroxyl groups is 1. The number of allylic oxidation sites excluding steroid dienone is 16. The van der Waals surface area contributed by atoms with Crippen molar-refractivity contribution < 1.29 is 32.9 Å². The number of phosphoric acid groups is 1. The molecule has 0 aliphatic carbocycles. The van der Waals surface area contributed by atoms with Crippen molar-refractivity contribution in [1.29, 1.82) is 0 Å². The first-order valence-electron chi connectivity index (χ1n) is 28.6. The number of phosphoric ester groups is 1. The van der Waals surface area contributed by atoms with E-state index in [0.29, 0.717) is 23.9 Å². The van der Waals surface area contributed by atoms with Crippen molar-refractivity contribution in [3.8, 4) is 0 Å². The van der Waals surface area contributed by atoms with E-state index in [1.54, 1.807) is 0 Å². The molecule has 0 aliphatic heterocycles. The lowest BCUT2D eigenvalue weighted by Crippen LogP contribution is -2.46. The van der Waals surface area contributed by atoms with Crippen LogP contribution < -0.4 is 10.2 Å². The van der Waals surface area contributed by atoms with Gasteiger partial charge >= 0.3 is 0 Å². The molecule has 404 valence electrons. The molecule has 0 radical (unpaired) electrons. The highest BCUT2D eigenvalue weighted by Crippen LogP contribution is 2.38. The second kappa shape index (κ2) is 51.3. The summed E-state index contributed by atoms with van der Waals surface area (Å²) >= 11 is 0. The van der Waals surface area contributed by atoms with Crippen LogP contribution in [-0.4, -0.2) is 68.5 Å². The van der Waals surface area contributed by atoms with Crippen LogP contribution in [0.1, 0.15) is 232 Å². The lowest BCUT2D eigenvalue weighted by Gasteiger charge is -2.30. The van der Waals surface area contributed by atoms with Gasteiger partial charge in [0.05, 0.1) is 39.9 Å². The molecule has 0 saturated heterocycles. The lowest BCUT2D eigenvalue weighted by atomic mass is 10.0. The molecule has 2 N–H and O–H groups in total. The molecule has 8 nitrogen and oxygen atoms in total. The minimum absolute atomic E-state index is 0.00602. The molecular weight excluding hydrogens is 888 g/mol. The fourth-order valence-corrected chi connectivity index (χ4v) is 8.60. The Kier molecular flexibility index (Phi) is 49.4. The van der Waals surface area contributed by atoms with Gasteiger partial charge in [0.25, 0.3) is 7.82 Å². The third kappa shape index (κ3) is 53.2. The zero-order chi connectivity index (χ0) is 51.3. The summed E-state index contributed by atoms with van der Waals surface area (Å²) in [6.07, 6.45) is 72.9. The van der Waals surface area contributed by atoms with Crippen LogP contribution in [0.25, 0.3) is 0 Å². The number of nitrogens with one attached hydrogen (secondary N) is 1. The van der Waals surface area contributed by atoms with Gasteiger partial charge in [-0.05, 0) is 77.0 Å². The topological polar surface area (TPSA) is 108 Å². The number of quaternary nitrogens is 1. The Morgan fingerprint density at radius 3 is 1.27 bits per heavy atom. The quantitative estimate of drug-likeness (QED) is 0.0272. The van der Waals surface area contributed by atoms with E-state index in [0.717, 1.165) is 96.3 Å². The first kappa shape index (κ1) is 67.4. The van der Waals surface area contributed by atoms with Gasteiger partial charge < -0.3 is 28.8 Å². The maximum atomic E-state index is 13.0. The molecular formula is C61H109N2O6P. The van der Waals surface area contributed by atoms with Gasteiger partial charge in [-0.1, -0.05) is 246 Å². The summed E-state index contributed by atoms with van der Waals surface area (Å²) in [6, 6.07) is -0.811. The third-order valence-corrected chi connectivity index (χ3v) is 13.3. The summed E-state index contributed by atoms with van der Waals surface area (Å²) in [4.78, 5) is 25.5. The first-order chi connectivity index (χ1) is 34.0. The predicted molar refractivity (Wildman–Crippen MR) is 302 cm³/mol. The molecule has 0 spiro atoms. The highest BCUT2D eigenvalue weighted by molar-refractivity contribution is 7.45. The summed E-state index contributed by atoms with van der Waals surface area (Å²) in [5, 5.41) is 14.0. The molecule has 0 aliphatic rings. The van der Waals surface area contributed by atoms with Crippen LogP contribution in [0.15, 0.2) is 97.2 Å². The number of hydrogen-bond donors (Lipinski definition) is 2. The summed E-state index contributed by atoms with van der Waals surface area (Å²) < 4.78 is 23.4. The van der Waals surface area contributed by atoms with E-state index in [9.17, 15) is 19.4 Å². The summed E-state index contributed by atoms with van der Waals surface area (Å²) in [7, 11) is 1.29. The van der Waals surface area contributed by atoms with Gasteiger partial charge in [-0.25, -0.2) is 0 Å². The Labute approximate surface area is 432 Å². The van der Waals surface area contributed by atoms with Crippen LogP contribution in [0.2, 0.25) is 0 Å². The molecule has 1 amide bonds. The number of carbonyl (C=O) groups excluding carboxylic acids is 1. The van der Waals surface area contributed by atoms with Gasteiger partial charge in [0.1, 0.15) is 13.2 Å². The average molecular weight is 998 g/mol. The molecule has 0 rings (SSSR count). The molecule has 9 heteroatoms. The number of nitrogens with zero attached hydrogens (tertiary/aromatic N) is 1. The van der Waals surface area contributed by atoms with Gasteiger partial charge in [0.2, 0.25) is 5.91 Å². The maximum Gasteiger partial charge on any atom is 0.268 e. The Hall–Kier alpha value is -2.58. The summed E-state index contributed by atoms with van der Waals surface area (Å²) in [5.74, 6) is -0.177. The van der Waals surface area contributed by atoms with Crippen molar-refractivity contribution >= 4 is 13.7 Å². The van der Waals surface area contributed by atoms with Gasteiger partial charge in [-0.3, -0.25) is 9.36 Å². The van der Waals surface area contributed by atoms with Gasteiger partial charge in [-0.2, -0.15) is 0 Å². The predicted octanol–water partition coefficient (Wildman–Crippen LogP) is 16.8. The molecule has 0 aromatic carbocycles. The van der Waals surface area contributed by atoms with Crippen molar-refractivity contribution in [2.24, 2.45) is 0 Å². The van der Waals surface area contributed by atoms with Crippen molar-refractivity contribution in [3.63, 3.8) is 0 Å². The normalized spacial score (nSPS) is 14.7. The number of carbonyl (C=O) groups is 1. The van der Waals surface area contributed by atoms with Crippen LogP contribution in [-0.2, 0) is 18.4 Å². The minimum atomic E-state index is -4.58. The molecule has 0 aromatic rings. The fraction of sp³-hybridized carbons (Fsp3) is 0.721. The standard InChI is InChI=1S/C61H109N2O6P/c1-6-8-10-12-14-16-18-20-22-23-24-25-26-27-28-29-30-31-32-33-34-35-36-37-38-39-41-43-45-47-49-51-53-55-61(65)62-59(58-69-70(66,67)68-57-56-63(3,4)5)60(64)54-52-50-48-46-44-42-40-21-19-17-15-13-11-9-7-2/h8,10,14,16,20,22,24-25,27-28,30-31,33-34,36-37,59-60,64H,6-7,9,11-13,15,17-19,21,23,26,29,32,35,38-58H2,1-5H3,(H-,62,65,66,67)/b10-8-,16-14-,22-20-,25-24-,28-27-,31-30-,34-33-,37-36-. The molecule has 0 heterocycles. The van der Waals surface area contributed by atoms with Crippen LogP contribution >= 0.6 is 7.82 Å². The molecule has 3 unspecified atom stereocenters. The van der Waals surface area contributed by atoms with Crippen molar-refractivity contribution in [2.75, 3.05) is 40.9 Å². The fourth-order valence-electron chi connectivity index (χ4n) is 7.88. The van der Waals surface area contributed by atoms with E-state index in [-0.39, 0.29) is 19.1 Å². The molecule has 70 heavy (non-hydrogen) atoms. The Morgan fingerprint density at radius 1 is 0.514 bits per heavy atom. The highest BCUT2D eigenvalue weighted by atomic mass is 31.2. The molecule has 0 aromatic heterocycles. The summed E-state index contributed by atoms with van der Waals surface area (Å²) in [5.41, 5.74) is 0.